The number of aromatic nitrogens is 6. The van der Waals surface area contributed by atoms with Crippen molar-refractivity contribution in [3.05, 3.63) is 47.3 Å². The van der Waals surface area contributed by atoms with Crippen LogP contribution >= 0.6 is 0 Å². The topological polar surface area (TPSA) is 154 Å². The van der Waals surface area contributed by atoms with Gasteiger partial charge in [-0.15, -0.1) is 0 Å². The zero-order valence-corrected chi connectivity index (χ0v) is 26.9. The van der Waals surface area contributed by atoms with Crippen molar-refractivity contribution in [2.24, 2.45) is 17.3 Å². The summed E-state index contributed by atoms with van der Waals surface area (Å²) in [6, 6.07) is 0.238. The Morgan fingerprint density at radius 2 is 1.79 bits per heavy atom. The van der Waals surface area contributed by atoms with Gasteiger partial charge in [-0.2, -0.15) is 10.2 Å². The minimum Gasteiger partial charge on any atom is -0.341 e. The van der Waals surface area contributed by atoms with Crippen LogP contribution in [-0.4, -0.2) is 91.2 Å². The summed E-state index contributed by atoms with van der Waals surface area (Å²) in [5.41, 5.74) is 1.70. The second kappa shape index (κ2) is 11.7. The lowest BCUT2D eigenvalue weighted by Gasteiger charge is -2.37. The van der Waals surface area contributed by atoms with Crippen molar-refractivity contribution >= 4 is 29.4 Å². The number of piperidine rings is 3. The molecule has 3 saturated heterocycles. The molecule has 3 aromatic heterocycles. The van der Waals surface area contributed by atoms with E-state index >= 15 is 0 Å². The molecule has 1 saturated carbocycles. The number of imide groups is 1. The molecule has 254 valence electrons. The summed E-state index contributed by atoms with van der Waals surface area (Å²) in [6.07, 6.45) is 12.1. The molecular weight excluding hydrogens is 622 g/mol. The van der Waals surface area contributed by atoms with E-state index in [0.29, 0.717) is 41.7 Å². The average molecular weight is 663 g/mol. The molecule has 0 unspecified atom stereocenters. The van der Waals surface area contributed by atoms with Crippen LogP contribution in [0.25, 0.3) is 0 Å². The lowest BCUT2D eigenvalue weighted by Crippen LogP contribution is -2.42. The summed E-state index contributed by atoms with van der Waals surface area (Å²) in [6.45, 7) is 6.37. The molecular formula is C33H40F2N10O3. The van der Waals surface area contributed by atoms with Crippen LogP contribution in [0.4, 0.5) is 20.4 Å². The van der Waals surface area contributed by atoms with Crippen LogP contribution in [0, 0.1) is 17.3 Å². The molecule has 3 atom stereocenters. The van der Waals surface area contributed by atoms with Crippen LogP contribution in [0.2, 0.25) is 0 Å². The number of fused-ring (bicyclic) bond motifs is 2. The van der Waals surface area contributed by atoms with Gasteiger partial charge in [0.05, 0.1) is 23.8 Å². The second-order valence-electron chi connectivity index (χ2n) is 14.4. The first-order chi connectivity index (χ1) is 23.1. The predicted octanol–water partition coefficient (Wildman–Crippen LogP) is 3.09. The van der Waals surface area contributed by atoms with Gasteiger partial charge in [-0.25, -0.2) is 18.7 Å². The summed E-state index contributed by atoms with van der Waals surface area (Å²) in [5.74, 6) is -3.46. The highest BCUT2D eigenvalue weighted by molar-refractivity contribution is 6.04. The first-order valence-corrected chi connectivity index (χ1v) is 17.0. The number of nitrogens with zero attached hydrogens (tertiary/aromatic N) is 7. The Morgan fingerprint density at radius 3 is 2.52 bits per heavy atom. The first kappa shape index (κ1) is 31.0. The van der Waals surface area contributed by atoms with Gasteiger partial charge >= 0.3 is 0 Å². The quantitative estimate of drug-likeness (QED) is 0.324. The molecule has 3 aliphatic heterocycles. The summed E-state index contributed by atoms with van der Waals surface area (Å²) < 4.78 is 30.5. The Morgan fingerprint density at radius 1 is 1.04 bits per heavy atom. The number of amides is 3. The van der Waals surface area contributed by atoms with Gasteiger partial charge in [-0.3, -0.25) is 29.5 Å². The minimum atomic E-state index is -2.71. The first-order valence-electron chi connectivity index (χ1n) is 17.0. The summed E-state index contributed by atoms with van der Waals surface area (Å²) >= 11 is 0. The van der Waals surface area contributed by atoms with Crippen LogP contribution < -0.4 is 15.5 Å². The number of anilines is 2. The Bertz CT molecular complexity index is 1720. The lowest BCUT2D eigenvalue weighted by molar-refractivity contribution is -0.134. The van der Waals surface area contributed by atoms with Crippen molar-refractivity contribution in [2.45, 2.75) is 76.2 Å². The van der Waals surface area contributed by atoms with Gasteiger partial charge in [-0.05, 0) is 44.4 Å². The second-order valence-corrected chi connectivity index (χ2v) is 14.4. The number of H-pyrrole nitrogens is 1. The molecule has 3 amide bonds. The van der Waals surface area contributed by atoms with Gasteiger partial charge in [0, 0.05) is 92.3 Å². The number of hydrogen-bond donors (Lipinski definition) is 3. The molecule has 6 heterocycles. The van der Waals surface area contributed by atoms with Crippen LogP contribution in [0.1, 0.15) is 84.7 Å². The fourth-order valence-electron chi connectivity index (χ4n) is 8.32. The van der Waals surface area contributed by atoms with Crippen molar-refractivity contribution in [3.8, 4) is 0 Å². The minimum absolute atomic E-state index is 0.158. The maximum Gasteiger partial charge on any atom is 0.276 e. The van der Waals surface area contributed by atoms with E-state index in [1.807, 2.05) is 10.9 Å². The third kappa shape index (κ3) is 5.45. The molecule has 48 heavy (non-hydrogen) atoms. The molecule has 4 fully saturated rings. The van der Waals surface area contributed by atoms with Gasteiger partial charge in [-0.1, -0.05) is 6.92 Å². The number of likely N-dealkylation sites (tertiary alicyclic amines) is 1. The van der Waals surface area contributed by atoms with Crippen molar-refractivity contribution in [3.63, 3.8) is 0 Å². The molecule has 0 bridgehead atoms. The van der Waals surface area contributed by atoms with E-state index in [4.69, 9.17) is 0 Å². The van der Waals surface area contributed by atoms with Crippen molar-refractivity contribution in [2.75, 3.05) is 42.9 Å². The number of hydrogen-bond acceptors (Lipinski definition) is 9. The summed E-state index contributed by atoms with van der Waals surface area (Å²) in [4.78, 5) is 50.5. The van der Waals surface area contributed by atoms with Crippen LogP contribution in [0.5, 0.6) is 0 Å². The standard InChI is InChI=1S/C33H40F2N10O3/c1-32-13-25-24(12-26(32)33(32,34)35)28(42-41-25)30(48)39-21-16-38-45(18-21)22-6-8-43(9-7-22)17-19-4-10-44(11-5-19)31-36-14-20(15-37-31)23-2-3-27(46)40-29(23)47/h14-16,18-19,22-23,26H,2-13,17H2,1H3,(H,39,48)(H,41,42)(H,40,46,47)/t23-,26+,32-/m1/s1. The molecule has 0 radical (unpaired) electrons. The number of alkyl halides is 2. The largest absolute Gasteiger partial charge is 0.341 e. The van der Waals surface area contributed by atoms with Gasteiger partial charge in [0.25, 0.3) is 11.8 Å². The monoisotopic (exact) mass is 662 g/mol. The highest BCUT2D eigenvalue weighted by Gasteiger charge is 2.78. The SMILES string of the molecule is C[C@@]12Cc3[nH]nc(C(=O)Nc4cnn(C5CCN(CC6CCN(c7ncc([C@H]8CCC(=O)NC8=O)cn7)CC6)CC5)c4)c3C[C@@H]1C2(F)F. The van der Waals surface area contributed by atoms with E-state index < -0.39 is 23.2 Å². The number of rotatable bonds is 7. The van der Waals surface area contributed by atoms with Crippen LogP contribution in [0.15, 0.2) is 24.8 Å². The highest BCUT2D eigenvalue weighted by atomic mass is 19.3. The number of aromatic amines is 1. The Balaban J connectivity index is 0.784. The Kier molecular flexibility index (Phi) is 7.57. The molecule has 0 aromatic carbocycles. The summed E-state index contributed by atoms with van der Waals surface area (Å²) in [7, 11) is 0. The predicted molar refractivity (Wildman–Crippen MR) is 170 cm³/mol. The van der Waals surface area contributed by atoms with Crippen molar-refractivity contribution in [1.29, 1.82) is 0 Å². The number of nitrogens with one attached hydrogen (secondary N) is 3. The van der Waals surface area contributed by atoms with E-state index in [1.54, 1.807) is 25.5 Å². The smallest absolute Gasteiger partial charge is 0.276 e. The normalized spacial score (nSPS) is 27.7. The molecule has 5 aliphatic rings. The number of carbonyl (C=O) groups is 3. The zero-order valence-electron chi connectivity index (χ0n) is 26.9. The fourth-order valence-corrected chi connectivity index (χ4v) is 8.32. The van der Waals surface area contributed by atoms with Crippen LogP contribution in [-0.2, 0) is 22.4 Å². The maximum absolute atomic E-state index is 14.3. The zero-order chi connectivity index (χ0) is 33.2. The van der Waals surface area contributed by atoms with E-state index in [9.17, 15) is 23.2 Å². The fraction of sp³-hybridized carbons (Fsp3) is 0.606. The van der Waals surface area contributed by atoms with E-state index in [2.05, 4.69) is 45.7 Å². The van der Waals surface area contributed by atoms with Crippen LogP contribution in [0.3, 0.4) is 0 Å². The Labute approximate surface area is 276 Å². The molecule has 0 spiro atoms. The van der Waals surface area contributed by atoms with Crippen molar-refractivity contribution in [1.82, 2.24) is 40.2 Å². The lowest BCUT2D eigenvalue weighted by atomic mass is 9.87. The molecule has 13 nitrogen and oxygen atoms in total. The highest BCUT2D eigenvalue weighted by Crippen LogP contribution is 2.70. The van der Waals surface area contributed by atoms with E-state index in [-0.39, 0.29) is 42.3 Å². The summed E-state index contributed by atoms with van der Waals surface area (Å²) in [5, 5.41) is 16.8. The van der Waals surface area contributed by atoms with Gasteiger partial charge in [0.1, 0.15) is 0 Å². The average Bonchev–Trinajstić information content (AvgIpc) is 3.50. The molecule has 2 aliphatic carbocycles. The maximum atomic E-state index is 14.3. The van der Waals surface area contributed by atoms with E-state index in [0.717, 1.165) is 64.0 Å². The van der Waals surface area contributed by atoms with Gasteiger partial charge in [0.15, 0.2) is 5.69 Å². The molecule has 8 rings (SSSR count). The molecule has 3 aromatic rings. The third-order valence-corrected chi connectivity index (χ3v) is 11.5. The molecule has 3 N–H and O–H groups in total. The third-order valence-electron chi connectivity index (χ3n) is 11.5. The van der Waals surface area contributed by atoms with Gasteiger partial charge < -0.3 is 15.1 Å². The van der Waals surface area contributed by atoms with Gasteiger partial charge in [0.2, 0.25) is 17.8 Å². The number of carbonyl (C=O) groups excluding carboxylic acids is 3. The number of halogens is 2. The Hall–Kier alpha value is -4.27. The van der Waals surface area contributed by atoms with E-state index in [1.165, 1.54) is 0 Å². The molecule has 15 heteroatoms. The van der Waals surface area contributed by atoms with Crippen molar-refractivity contribution < 1.29 is 23.2 Å².